The molecule has 0 atom stereocenters. The number of Topliss-reactive ketones (excluding diaryl/α,β-unsaturated/α-hetero) is 1. The van der Waals surface area contributed by atoms with Crippen molar-refractivity contribution in [1.82, 2.24) is 4.98 Å². The Hall–Kier alpha value is -3.75. The number of nitrogens with zero attached hydrogens (tertiary/aromatic N) is 4. The Balaban J connectivity index is 1.26. The first kappa shape index (κ1) is 31.7. The molecule has 0 unspecified atom stereocenters. The van der Waals surface area contributed by atoms with Crippen LogP contribution in [0.4, 0.5) is 5.13 Å². The number of allylic oxidation sites excluding steroid dienone is 4. The number of thiazole rings is 1. The molecule has 0 N–H and O–H groups in total. The van der Waals surface area contributed by atoms with E-state index < -0.39 is 0 Å². The van der Waals surface area contributed by atoms with Crippen LogP contribution in [-0.4, -0.2) is 39.8 Å². The molecule has 44 heavy (non-hydrogen) atoms. The summed E-state index contributed by atoms with van der Waals surface area (Å²) in [7, 11) is 0. The van der Waals surface area contributed by atoms with Crippen LogP contribution in [0, 0.1) is 0 Å². The number of carbonyl (C=O) groups is 1. The molecule has 0 spiro atoms. The molecule has 1 aromatic heterocycles. The van der Waals surface area contributed by atoms with Crippen LogP contribution in [0.25, 0.3) is 6.08 Å². The van der Waals surface area contributed by atoms with E-state index in [9.17, 15) is 9.90 Å². The molecular weight excluding hydrogens is 585 g/mol. The van der Waals surface area contributed by atoms with E-state index in [0.717, 1.165) is 34.7 Å². The average Bonchev–Trinajstić information content (AvgIpc) is 3.72. The van der Waals surface area contributed by atoms with Crippen molar-refractivity contribution in [1.29, 1.82) is 0 Å². The van der Waals surface area contributed by atoms with E-state index in [4.69, 9.17) is 0 Å². The Bertz CT molecular complexity index is 1540. The smallest absolute Gasteiger partial charge is 0.360 e. The highest BCUT2D eigenvalue weighted by atomic mass is 32.2. The fourth-order valence-corrected chi connectivity index (χ4v) is 7.11. The summed E-state index contributed by atoms with van der Waals surface area (Å²) in [5, 5.41) is 14.9. The molecule has 6 nitrogen and oxygen atoms in total. The highest BCUT2D eigenvalue weighted by molar-refractivity contribution is 8.18. The molecule has 0 saturated carbocycles. The zero-order valence-electron chi connectivity index (χ0n) is 25.6. The number of aliphatic imine (C=N–C) groups is 1. The maximum absolute atomic E-state index is 13.1. The van der Waals surface area contributed by atoms with E-state index in [-0.39, 0.29) is 22.7 Å². The van der Waals surface area contributed by atoms with Crippen LogP contribution >= 0.6 is 23.1 Å². The van der Waals surface area contributed by atoms with Gasteiger partial charge in [0.2, 0.25) is 0 Å². The Morgan fingerprint density at radius 3 is 2.18 bits per heavy atom. The second kappa shape index (κ2) is 15.8. The molecular formula is C36H40N4O2S2. The SMILES string of the molecule is CCCCCCCCN(CC)c1ncc(/C=C/C2=C([O-])C(=C3\C=NC(=[N+](Cc4ccccc4)Cc4ccccc4)S3)/C2=O)s1. The third kappa shape index (κ3) is 8.04. The van der Waals surface area contributed by atoms with Crippen LogP contribution in [-0.2, 0) is 17.9 Å². The van der Waals surface area contributed by atoms with Gasteiger partial charge in [0.1, 0.15) is 13.1 Å². The highest BCUT2D eigenvalue weighted by Crippen LogP contribution is 2.37. The van der Waals surface area contributed by atoms with Gasteiger partial charge < -0.3 is 10.0 Å². The maximum Gasteiger partial charge on any atom is 0.360 e. The Morgan fingerprint density at radius 2 is 1.55 bits per heavy atom. The molecule has 0 amide bonds. The van der Waals surface area contributed by atoms with Crippen molar-refractivity contribution in [2.24, 2.45) is 4.99 Å². The van der Waals surface area contributed by atoms with Crippen LogP contribution < -0.4 is 10.0 Å². The summed E-state index contributed by atoms with van der Waals surface area (Å²) in [6, 6.07) is 20.5. The lowest BCUT2D eigenvalue weighted by molar-refractivity contribution is -0.558. The van der Waals surface area contributed by atoms with Gasteiger partial charge in [-0.25, -0.2) is 9.56 Å². The number of amidine groups is 1. The highest BCUT2D eigenvalue weighted by Gasteiger charge is 2.34. The monoisotopic (exact) mass is 624 g/mol. The summed E-state index contributed by atoms with van der Waals surface area (Å²) >= 11 is 2.99. The van der Waals surface area contributed by atoms with Gasteiger partial charge in [0.25, 0.3) is 0 Å². The van der Waals surface area contributed by atoms with Gasteiger partial charge in [-0.05, 0) is 35.5 Å². The summed E-state index contributed by atoms with van der Waals surface area (Å²) in [6.45, 7) is 7.64. The van der Waals surface area contributed by atoms with Gasteiger partial charge in [-0.15, -0.1) is 0 Å². The quantitative estimate of drug-likeness (QED) is 0.100. The molecule has 1 aliphatic heterocycles. The summed E-state index contributed by atoms with van der Waals surface area (Å²) in [5.41, 5.74) is 2.78. The first-order valence-corrected chi connectivity index (χ1v) is 17.2. The Morgan fingerprint density at radius 1 is 0.886 bits per heavy atom. The molecule has 0 radical (unpaired) electrons. The summed E-state index contributed by atoms with van der Waals surface area (Å²) in [4.78, 5) is 26.2. The number of rotatable bonds is 15. The zero-order chi connectivity index (χ0) is 30.7. The van der Waals surface area contributed by atoms with E-state index >= 15 is 0 Å². The number of carbonyl (C=O) groups excluding carboxylic acids is 1. The molecule has 2 aliphatic rings. The minimum Gasteiger partial charge on any atom is -0.871 e. The van der Waals surface area contributed by atoms with Crippen molar-refractivity contribution < 1.29 is 14.5 Å². The molecule has 2 heterocycles. The average molecular weight is 625 g/mol. The lowest BCUT2D eigenvalue weighted by Crippen LogP contribution is -2.30. The predicted octanol–water partition coefficient (Wildman–Crippen LogP) is 7.38. The molecule has 0 saturated heterocycles. The third-order valence-corrected chi connectivity index (χ3v) is 9.84. The van der Waals surface area contributed by atoms with Gasteiger partial charge in [-0.2, -0.15) is 0 Å². The fourth-order valence-electron chi connectivity index (χ4n) is 5.25. The van der Waals surface area contributed by atoms with E-state index in [1.54, 1.807) is 23.6 Å². The van der Waals surface area contributed by atoms with E-state index in [0.29, 0.717) is 18.0 Å². The van der Waals surface area contributed by atoms with Crippen molar-refractivity contribution >= 4 is 51.5 Å². The topological polar surface area (TPSA) is 71.6 Å². The van der Waals surface area contributed by atoms with E-state index in [1.165, 1.54) is 55.0 Å². The normalized spacial score (nSPS) is 16.3. The van der Waals surface area contributed by atoms with E-state index in [2.05, 4.69) is 57.6 Å². The van der Waals surface area contributed by atoms with Crippen molar-refractivity contribution in [3.63, 3.8) is 0 Å². The largest absolute Gasteiger partial charge is 0.871 e. The second-order valence-electron chi connectivity index (χ2n) is 11.0. The molecule has 3 aromatic rings. The van der Waals surface area contributed by atoms with Gasteiger partial charge in [0.15, 0.2) is 17.1 Å². The fraction of sp³-hybridized carbons (Fsp3) is 0.333. The lowest BCUT2D eigenvalue weighted by Gasteiger charge is -2.29. The Kier molecular flexibility index (Phi) is 11.4. The van der Waals surface area contributed by atoms with Gasteiger partial charge in [0.05, 0.1) is 4.91 Å². The maximum atomic E-state index is 13.1. The molecule has 8 heteroatoms. The van der Waals surface area contributed by atoms with Crippen LogP contribution in [0.15, 0.2) is 99.7 Å². The molecule has 0 fully saturated rings. The molecule has 1 aliphatic carbocycles. The van der Waals surface area contributed by atoms with Gasteiger partial charge in [-0.3, -0.25) is 4.79 Å². The molecule has 5 rings (SSSR count). The second-order valence-corrected chi connectivity index (χ2v) is 13.1. The van der Waals surface area contributed by atoms with Crippen molar-refractivity contribution in [2.45, 2.75) is 65.5 Å². The zero-order valence-corrected chi connectivity index (χ0v) is 27.2. The van der Waals surface area contributed by atoms with Crippen LogP contribution in [0.1, 0.15) is 68.4 Å². The van der Waals surface area contributed by atoms with Gasteiger partial charge in [-0.1, -0.05) is 123 Å². The number of thioether (sulfide) groups is 1. The molecule has 2 aromatic carbocycles. The van der Waals surface area contributed by atoms with Crippen molar-refractivity contribution in [3.05, 3.63) is 111 Å². The molecule has 228 valence electrons. The third-order valence-electron chi connectivity index (χ3n) is 7.75. The number of anilines is 1. The standard InChI is InChI=1S/C36H40N4O2S2/c1-3-5-6-7-8-15-22-39(4-2)35-37-23-29(43-35)20-21-30-33(41)32(34(30)42)31-24-38-36(44-31)40(25-27-16-11-9-12-17-27)26-28-18-13-10-14-19-28/h9-14,16-21,23-24H,3-8,15,22,25-26H2,1-2H3. The number of aromatic nitrogens is 1. The summed E-state index contributed by atoms with van der Waals surface area (Å²) in [5.74, 6) is -0.441. The van der Waals surface area contributed by atoms with Crippen LogP contribution in [0.3, 0.4) is 0 Å². The number of benzene rings is 2. The lowest BCUT2D eigenvalue weighted by atomic mass is 9.87. The minimum atomic E-state index is -0.220. The van der Waals surface area contributed by atoms with Crippen LogP contribution in [0.2, 0.25) is 0 Å². The van der Waals surface area contributed by atoms with Gasteiger partial charge in [0, 0.05) is 47.1 Å². The first-order chi connectivity index (χ1) is 21.6. The van der Waals surface area contributed by atoms with Crippen molar-refractivity contribution in [3.8, 4) is 0 Å². The number of unbranched alkanes of at least 4 members (excludes halogenated alkanes) is 5. The molecule has 0 bridgehead atoms. The number of hydrogen-bond acceptors (Lipinski definition) is 6. The Labute approximate surface area is 269 Å². The van der Waals surface area contributed by atoms with Gasteiger partial charge >= 0.3 is 5.17 Å². The number of hydrogen-bond donors (Lipinski definition) is 0. The summed E-state index contributed by atoms with van der Waals surface area (Å²) < 4.78 is 2.19. The minimum absolute atomic E-state index is 0.217. The number of ketones is 1. The van der Waals surface area contributed by atoms with E-state index in [1.807, 2.05) is 48.7 Å². The first-order valence-electron chi connectivity index (χ1n) is 15.6. The summed E-state index contributed by atoms with van der Waals surface area (Å²) in [6.07, 6.45) is 14.6. The van der Waals surface area contributed by atoms with Crippen LogP contribution in [0.5, 0.6) is 0 Å². The predicted molar refractivity (Wildman–Crippen MR) is 183 cm³/mol. The van der Waals surface area contributed by atoms with Crippen molar-refractivity contribution in [2.75, 3.05) is 18.0 Å².